The zero-order valence-corrected chi connectivity index (χ0v) is 11.8. The molecule has 2 aromatic rings. The zero-order valence-electron chi connectivity index (χ0n) is 11.8. The second-order valence-corrected chi connectivity index (χ2v) is 5.04. The molecule has 2 rings (SSSR count). The van der Waals surface area contributed by atoms with Crippen LogP contribution in [0.2, 0.25) is 0 Å². The van der Waals surface area contributed by atoms with E-state index in [2.05, 4.69) is 44.2 Å². The third-order valence-electron chi connectivity index (χ3n) is 3.40. The predicted molar refractivity (Wildman–Crippen MR) is 81.5 cm³/mol. The van der Waals surface area contributed by atoms with Gasteiger partial charge in [-0.3, -0.25) is 0 Å². The minimum Gasteiger partial charge on any atom is -0.508 e. The number of phenolic OH excluding ortho intramolecular Hbond substituents is 1. The van der Waals surface area contributed by atoms with E-state index in [0.29, 0.717) is 5.75 Å². The fourth-order valence-corrected chi connectivity index (χ4v) is 2.43. The average Bonchev–Trinajstić information content (AvgIpc) is 2.42. The molecule has 1 heteroatoms. The number of rotatable bonds is 5. The molecule has 2 aromatic carbocycles. The van der Waals surface area contributed by atoms with Crippen LogP contribution in [0.5, 0.6) is 5.75 Å². The first kappa shape index (κ1) is 13.7. The monoisotopic (exact) mass is 254 g/mol. The Bertz CT molecular complexity index is 543. The molecule has 19 heavy (non-hydrogen) atoms. The van der Waals surface area contributed by atoms with Crippen LogP contribution in [0.15, 0.2) is 42.5 Å². The lowest BCUT2D eigenvalue weighted by Gasteiger charge is -2.09. The van der Waals surface area contributed by atoms with Gasteiger partial charge in [-0.25, -0.2) is 0 Å². The minimum absolute atomic E-state index is 0.412. The second-order valence-electron chi connectivity index (χ2n) is 5.04. The molecule has 0 aromatic heterocycles. The van der Waals surface area contributed by atoms with E-state index in [-0.39, 0.29) is 0 Å². The summed E-state index contributed by atoms with van der Waals surface area (Å²) in [5.41, 5.74) is 4.86. The Kier molecular flexibility index (Phi) is 4.62. The van der Waals surface area contributed by atoms with Gasteiger partial charge in [-0.05, 0) is 47.2 Å². The number of hydrogen-bond acceptors (Lipinski definition) is 1. The van der Waals surface area contributed by atoms with E-state index in [9.17, 15) is 5.11 Å². The van der Waals surface area contributed by atoms with E-state index < -0.39 is 0 Å². The molecule has 0 amide bonds. The maximum absolute atomic E-state index is 9.85. The summed E-state index contributed by atoms with van der Waals surface area (Å²) in [5, 5.41) is 9.85. The Morgan fingerprint density at radius 1 is 0.842 bits per heavy atom. The molecule has 100 valence electrons. The van der Waals surface area contributed by atoms with Crippen LogP contribution in [0, 0.1) is 0 Å². The molecule has 0 fully saturated rings. The van der Waals surface area contributed by atoms with Crippen molar-refractivity contribution in [2.45, 2.75) is 39.5 Å². The molecule has 0 unspecified atom stereocenters. The summed E-state index contributed by atoms with van der Waals surface area (Å²) < 4.78 is 0. The molecule has 0 saturated heterocycles. The van der Waals surface area contributed by atoms with Crippen LogP contribution in [0.3, 0.4) is 0 Å². The van der Waals surface area contributed by atoms with Crippen molar-refractivity contribution in [2.24, 2.45) is 0 Å². The van der Waals surface area contributed by atoms with Gasteiger partial charge in [-0.1, -0.05) is 57.0 Å². The summed E-state index contributed by atoms with van der Waals surface area (Å²) in [6.45, 7) is 4.33. The molecule has 0 aliphatic carbocycles. The van der Waals surface area contributed by atoms with Gasteiger partial charge in [0.15, 0.2) is 0 Å². The van der Waals surface area contributed by atoms with Crippen molar-refractivity contribution in [3.63, 3.8) is 0 Å². The third-order valence-corrected chi connectivity index (χ3v) is 3.40. The normalized spacial score (nSPS) is 10.6. The summed E-state index contributed by atoms with van der Waals surface area (Å²) in [6, 6.07) is 14.6. The van der Waals surface area contributed by atoms with Gasteiger partial charge in [-0.2, -0.15) is 0 Å². The average molecular weight is 254 g/mol. The Balaban J connectivity index is 2.35. The molecule has 0 atom stereocenters. The van der Waals surface area contributed by atoms with Crippen LogP contribution in [0.1, 0.15) is 37.8 Å². The van der Waals surface area contributed by atoms with E-state index in [0.717, 1.165) is 24.8 Å². The van der Waals surface area contributed by atoms with Crippen LogP contribution < -0.4 is 0 Å². The van der Waals surface area contributed by atoms with Crippen LogP contribution >= 0.6 is 0 Å². The van der Waals surface area contributed by atoms with Crippen molar-refractivity contribution in [1.29, 1.82) is 0 Å². The molecule has 0 radical (unpaired) electrons. The Hall–Kier alpha value is -1.76. The van der Waals surface area contributed by atoms with Crippen molar-refractivity contribution < 1.29 is 5.11 Å². The highest BCUT2D eigenvalue weighted by atomic mass is 16.3. The van der Waals surface area contributed by atoms with Gasteiger partial charge in [0, 0.05) is 0 Å². The van der Waals surface area contributed by atoms with Gasteiger partial charge in [0.2, 0.25) is 0 Å². The lowest BCUT2D eigenvalue weighted by Crippen LogP contribution is -1.88. The molecule has 1 N–H and O–H groups in total. The molecular formula is C18H22O. The summed E-state index contributed by atoms with van der Waals surface area (Å²) in [7, 11) is 0. The van der Waals surface area contributed by atoms with Crippen molar-refractivity contribution in [3.05, 3.63) is 53.6 Å². The minimum atomic E-state index is 0.412. The highest BCUT2D eigenvalue weighted by Crippen LogP contribution is 2.27. The largest absolute Gasteiger partial charge is 0.508 e. The Morgan fingerprint density at radius 2 is 1.58 bits per heavy atom. The van der Waals surface area contributed by atoms with Crippen LogP contribution in [-0.2, 0) is 12.8 Å². The predicted octanol–water partition coefficient (Wildman–Crippen LogP) is 4.96. The zero-order chi connectivity index (χ0) is 13.7. The molecule has 0 bridgehead atoms. The van der Waals surface area contributed by atoms with E-state index >= 15 is 0 Å². The number of aryl methyl sites for hydroxylation is 2. The lowest BCUT2D eigenvalue weighted by molar-refractivity contribution is 0.467. The van der Waals surface area contributed by atoms with Gasteiger partial charge >= 0.3 is 0 Å². The molecule has 1 nitrogen and oxygen atoms in total. The van der Waals surface area contributed by atoms with Gasteiger partial charge in [0.05, 0.1) is 0 Å². The molecule has 0 heterocycles. The molecular weight excluding hydrogens is 232 g/mol. The van der Waals surface area contributed by atoms with Crippen LogP contribution in [0.4, 0.5) is 0 Å². The Morgan fingerprint density at radius 3 is 2.32 bits per heavy atom. The first-order valence-corrected chi connectivity index (χ1v) is 7.15. The quantitative estimate of drug-likeness (QED) is 0.799. The van der Waals surface area contributed by atoms with Crippen molar-refractivity contribution in [3.8, 4) is 16.9 Å². The van der Waals surface area contributed by atoms with Gasteiger partial charge in [0.1, 0.15) is 5.75 Å². The second kappa shape index (κ2) is 6.42. The molecule has 0 aliphatic rings. The maximum atomic E-state index is 9.85. The van der Waals surface area contributed by atoms with Crippen LogP contribution in [0.25, 0.3) is 11.1 Å². The summed E-state index contributed by atoms with van der Waals surface area (Å²) in [6.07, 6.45) is 4.26. The van der Waals surface area contributed by atoms with E-state index in [4.69, 9.17) is 0 Å². The summed E-state index contributed by atoms with van der Waals surface area (Å²) >= 11 is 0. The van der Waals surface area contributed by atoms with Gasteiger partial charge < -0.3 is 5.11 Å². The smallest absolute Gasteiger partial charge is 0.118 e. The fourth-order valence-electron chi connectivity index (χ4n) is 2.43. The van der Waals surface area contributed by atoms with E-state index in [1.165, 1.54) is 23.1 Å². The van der Waals surface area contributed by atoms with Crippen molar-refractivity contribution >= 4 is 0 Å². The highest BCUT2D eigenvalue weighted by molar-refractivity contribution is 5.66. The SMILES string of the molecule is CCCc1cccc(-c2ccc(O)c(CCC)c2)c1. The van der Waals surface area contributed by atoms with E-state index in [1.54, 1.807) is 0 Å². The standard InChI is InChI=1S/C18H22O/c1-3-6-14-8-5-9-15(12-14)16-10-11-18(19)17(13-16)7-4-2/h5,8-13,19H,3-4,6-7H2,1-2H3. The molecule has 0 saturated carbocycles. The van der Waals surface area contributed by atoms with E-state index in [1.807, 2.05) is 12.1 Å². The number of aromatic hydroxyl groups is 1. The van der Waals surface area contributed by atoms with Crippen LogP contribution in [-0.4, -0.2) is 5.11 Å². The number of phenols is 1. The van der Waals surface area contributed by atoms with Crippen molar-refractivity contribution in [1.82, 2.24) is 0 Å². The summed E-state index contributed by atoms with van der Waals surface area (Å²) in [5.74, 6) is 0.412. The maximum Gasteiger partial charge on any atom is 0.118 e. The third kappa shape index (κ3) is 3.37. The molecule has 0 spiro atoms. The van der Waals surface area contributed by atoms with Gasteiger partial charge in [0.25, 0.3) is 0 Å². The lowest BCUT2D eigenvalue weighted by atomic mass is 9.98. The highest BCUT2D eigenvalue weighted by Gasteiger charge is 2.04. The number of hydrogen-bond donors (Lipinski definition) is 1. The van der Waals surface area contributed by atoms with Gasteiger partial charge in [-0.15, -0.1) is 0 Å². The first-order chi connectivity index (χ1) is 9.24. The first-order valence-electron chi connectivity index (χ1n) is 7.15. The van der Waals surface area contributed by atoms with Crippen molar-refractivity contribution in [2.75, 3.05) is 0 Å². The topological polar surface area (TPSA) is 20.2 Å². The number of benzene rings is 2. The summed E-state index contributed by atoms with van der Waals surface area (Å²) in [4.78, 5) is 0. The molecule has 0 aliphatic heterocycles. The fraction of sp³-hybridized carbons (Fsp3) is 0.333. The Labute approximate surface area is 115 Å².